The molecule has 0 saturated carbocycles. The summed E-state index contributed by atoms with van der Waals surface area (Å²) in [5.74, 6) is 1.02. The van der Waals surface area contributed by atoms with E-state index in [1.807, 2.05) is 17.7 Å². The first-order valence-corrected chi connectivity index (χ1v) is 8.98. The average molecular weight is 331 g/mol. The minimum Gasteiger partial charge on any atom is -0.345 e. The molecule has 1 atom stereocenters. The lowest BCUT2D eigenvalue weighted by Crippen LogP contribution is -2.40. The number of nitrogens with one attached hydrogen (secondary N) is 2. The second-order valence-corrected chi connectivity index (χ2v) is 7.54. The van der Waals surface area contributed by atoms with Crippen molar-refractivity contribution in [2.75, 3.05) is 0 Å². The van der Waals surface area contributed by atoms with Crippen molar-refractivity contribution in [3.8, 4) is 0 Å². The van der Waals surface area contributed by atoms with Crippen LogP contribution in [0.5, 0.6) is 0 Å². The summed E-state index contributed by atoms with van der Waals surface area (Å²) in [5.41, 5.74) is 1.54. The Hall–Kier alpha value is -2.19. The van der Waals surface area contributed by atoms with Gasteiger partial charge in [-0.15, -0.1) is 0 Å². The molecule has 1 aliphatic heterocycles. The smallest absolute Gasteiger partial charge is 0.243 e. The summed E-state index contributed by atoms with van der Waals surface area (Å²) in [6.07, 6.45) is 6.61. The standard InChI is InChI=1S/C15H17N5O2S/c1-10-8-20-9-11(4-5-14(20)18-10)19-23(21,22)13-7-17-15-12(13)3-2-6-16-15/h2-3,6-8,11,19H,4-5,9H2,1H3,(H,16,17)/t11-/m0/s1. The molecule has 23 heavy (non-hydrogen) atoms. The van der Waals surface area contributed by atoms with Gasteiger partial charge < -0.3 is 9.55 Å². The van der Waals surface area contributed by atoms with Crippen LogP contribution in [0.4, 0.5) is 0 Å². The van der Waals surface area contributed by atoms with E-state index >= 15 is 0 Å². The zero-order chi connectivity index (χ0) is 16.0. The first-order valence-electron chi connectivity index (χ1n) is 7.50. The highest BCUT2D eigenvalue weighted by molar-refractivity contribution is 7.89. The molecule has 0 spiro atoms. The molecule has 120 valence electrons. The van der Waals surface area contributed by atoms with Crippen molar-refractivity contribution in [3.05, 3.63) is 42.2 Å². The summed E-state index contributed by atoms with van der Waals surface area (Å²) in [6, 6.07) is 3.35. The van der Waals surface area contributed by atoms with Crippen molar-refractivity contribution in [1.82, 2.24) is 24.2 Å². The number of aromatic amines is 1. The topological polar surface area (TPSA) is 92.7 Å². The maximum atomic E-state index is 12.7. The number of H-pyrrole nitrogens is 1. The molecule has 0 aromatic carbocycles. The molecule has 4 heterocycles. The van der Waals surface area contributed by atoms with Crippen LogP contribution < -0.4 is 4.72 Å². The largest absolute Gasteiger partial charge is 0.345 e. The molecule has 4 rings (SSSR count). The third kappa shape index (κ3) is 2.53. The predicted octanol–water partition coefficient (Wildman–Crippen LogP) is 1.36. The van der Waals surface area contributed by atoms with Crippen LogP contribution in [0.3, 0.4) is 0 Å². The van der Waals surface area contributed by atoms with E-state index in [4.69, 9.17) is 0 Å². The molecule has 0 radical (unpaired) electrons. The second kappa shape index (κ2) is 5.17. The fraction of sp³-hybridized carbons (Fsp3) is 0.333. The molecule has 0 fully saturated rings. The van der Waals surface area contributed by atoms with Gasteiger partial charge in [-0.2, -0.15) is 0 Å². The monoisotopic (exact) mass is 331 g/mol. The number of aryl methyl sites for hydroxylation is 2. The van der Waals surface area contributed by atoms with Gasteiger partial charge in [-0.25, -0.2) is 23.1 Å². The molecular weight excluding hydrogens is 314 g/mol. The van der Waals surface area contributed by atoms with Crippen LogP contribution in [-0.4, -0.2) is 34.0 Å². The maximum absolute atomic E-state index is 12.7. The van der Waals surface area contributed by atoms with Gasteiger partial charge in [0.15, 0.2) is 0 Å². The molecule has 0 saturated heterocycles. The van der Waals surface area contributed by atoms with Gasteiger partial charge in [0.2, 0.25) is 10.0 Å². The van der Waals surface area contributed by atoms with Crippen LogP contribution in [0.25, 0.3) is 11.0 Å². The van der Waals surface area contributed by atoms with Gasteiger partial charge in [-0.05, 0) is 25.5 Å². The third-order valence-electron chi connectivity index (χ3n) is 4.14. The fourth-order valence-corrected chi connectivity index (χ4v) is 4.55. The molecule has 3 aromatic heterocycles. The van der Waals surface area contributed by atoms with Gasteiger partial charge in [0.05, 0.1) is 5.69 Å². The molecule has 2 N–H and O–H groups in total. The van der Waals surface area contributed by atoms with Gasteiger partial charge in [0, 0.05) is 43.0 Å². The number of rotatable bonds is 3. The number of aromatic nitrogens is 4. The molecule has 0 unspecified atom stereocenters. The lowest BCUT2D eigenvalue weighted by molar-refractivity contribution is 0.421. The van der Waals surface area contributed by atoms with Crippen LogP contribution in [0, 0.1) is 6.92 Å². The number of hydrogen-bond donors (Lipinski definition) is 2. The van der Waals surface area contributed by atoms with Crippen molar-refractivity contribution in [3.63, 3.8) is 0 Å². The molecule has 0 aliphatic carbocycles. The molecule has 0 amide bonds. The summed E-state index contributed by atoms with van der Waals surface area (Å²) in [4.78, 5) is 11.7. The Morgan fingerprint density at radius 2 is 2.30 bits per heavy atom. The number of pyridine rings is 1. The number of fused-ring (bicyclic) bond motifs is 2. The highest BCUT2D eigenvalue weighted by Crippen LogP contribution is 2.22. The summed E-state index contributed by atoms with van der Waals surface area (Å²) in [6.45, 7) is 2.56. The van der Waals surface area contributed by atoms with Crippen LogP contribution in [0.1, 0.15) is 17.9 Å². The van der Waals surface area contributed by atoms with E-state index < -0.39 is 10.0 Å². The maximum Gasteiger partial charge on any atom is 0.243 e. The van der Waals surface area contributed by atoms with Gasteiger partial charge in [0.25, 0.3) is 0 Å². The lowest BCUT2D eigenvalue weighted by Gasteiger charge is -2.24. The van der Waals surface area contributed by atoms with E-state index in [1.54, 1.807) is 18.3 Å². The molecule has 8 heteroatoms. The number of nitrogens with zero attached hydrogens (tertiary/aromatic N) is 3. The van der Waals surface area contributed by atoms with Gasteiger partial charge >= 0.3 is 0 Å². The Morgan fingerprint density at radius 1 is 1.43 bits per heavy atom. The van der Waals surface area contributed by atoms with Crippen molar-refractivity contribution in [1.29, 1.82) is 0 Å². The summed E-state index contributed by atoms with van der Waals surface area (Å²) in [7, 11) is -3.59. The van der Waals surface area contributed by atoms with Crippen molar-refractivity contribution in [2.45, 2.75) is 37.2 Å². The second-order valence-electron chi connectivity index (χ2n) is 5.86. The van der Waals surface area contributed by atoms with Crippen molar-refractivity contribution in [2.24, 2.45) is 0 Å². The Kier molecular flexibility index (Phi) is 3.24. The first-order chi connectivity index (χ1) is 11.0. The fourth-order valence-electron chi connectivity index (χ4n) is 3.12. The van der Waals surface area contributed by atoms with Crippen molar-refractivity contribution < 1.29 is 8.42 Å². The molecule has 7 nitrogen and oxygen atoms in total. The normalized spacial score (nSPS) is 18.2. The quantitative estimate of drug-likeness (QED) is 0.758. The van der Waals surface area contributed by atoms with Gasteiger partial charge in [-0.1, -0.05) is 0 Å². The minimum atomic E-state index is -3.59. The Morgan fingerprint density at radius 3 is 3.17 bits per heavy atom. The van der Waals surface area contributed by atoms with E-state index in [2.05, 4.69) is 19.7 Å². The highest BCUT2D eigenvalue weighted by atomic mass is 32.2. The molecule has 1 aliphatic rings. The predicted molar refractivity (Wildman–Crippen MR) is 85.5 cm³/mol. The molecule has 0 bridgehead atoms. The Balaban J connectivity index is 1.61. The zero-order valence-electron chi connectivity index (χ0n) is 12.7. The molecular formula is C15H17N5O2S. The third-order valence-corrected chi connectivity index (χ3v) is 5.70. The highest BCUT2D eigenvalue weighted by Gasteiger charge is 2.26. The zero-order valence-corrected chi connectivity index (χ0v) is 13.5. The Labute approximate surface area is 133 Å². The van der Waals surface area contributed by atoms with Crippen LogP contribution in [-0.2, 0) is 23.0 Å². The minimum absolute atomic E-state index is 0.136. The average Bonchev–Trinajstić information content (AvgIpc) is 3.09. The first kappa shape index (κ1) is 14.4. The molecule has 3 aromatic rings. The van der Waals surface area contributed by atoms with Gasteiger partial charge in [0.1, 0.15) is 16.4 Å². The number of imidazole rings is 1. The SMILES string of the molecule is Cc1cn2c(n1)CC[C@H](NS(=O)(=O)c1c[nH]c3ncccc13)C2. The Bertz CT molecular complexity index is 973. The lowest BCUT2D eigenvalue weighted by atomic mass is 10.1. The van der Waals surface area contributed by atoms with Crippen LogP contribution in [0.15, 0.2) is 35.6 Å². The van der Waals surface area contributed by atoms with E-state index in [0.29, 0.717) is 17.6 Å². The van der Waals surface area contributed by atoms with E-state index in [9.17, 15) is 8.42 Å². The van der Waals surface area contributed by atoms with Crippen molar-refractivity contribution >= 4 is 21.1 Å². The van der Waals surface area contributed by atoms with Gasteiger partial charge in [-0.3, -0.25) is 0 Å². The summed E-state index contributed by atoms with van der Waals surface area (Å²) in [5, 5.41) is 0.606. The number of hydrogen-bond acceptors (Lipinski definition) is 4. The van der Waals surface area contributed by atoms with E-state index in [0.717, 1.165) is 24.4 Å². The van der Waals surface area contributed by atoms with Crippen LogP contribution >= 0.6 is 0 Å². The summed E-state index contributed by atoms with van der Waals surface area (Å²) >= 11 is 0. The number of sulfonamides is 1. The van der Waals surface area contributed by atoms with E-state index in [-0.39, 0.29) is 10.9 Å². The van der Waals surface area contributed by atoms with E-state index in [1.165, 1.54) is 6.20 Å². The van der Waals surface area contributed by atoms with Crippen LogP contribution in [0.2, 0.25) is 0 Å². The summed E-state index contributed by atoms with van der Waals surface area (Å²) < 4.78 is 30.3.